The molecule has 0 aliphatic carbocycles. The fourth-order valence-corrected chi connectivity index (χ4v) is 1.73. The summed E-state index contributed by atoms with van der Waals surface area (Å²) < 4.78 is 0. The first kappa shape index (κ1) is 11.9. The average molecular weight is 242 g/mol. The van der Waals surface area contributed by atoms with Crippen molar-refractivity contribution in [2.75, 3.05) is 0 Å². The molecular weight excluding hydrogens is 228 g/mol. The van der Waals surface area contributed by atoms with Crippen LogP contribution in [0, 0.1) is 0 Å². The van der Waals surface area contributed by atoms with E-state index in [0.29, 0.717) is 11.3 Å². The first-order chi connectivity index (χ1) is 8.59. The Hall–Kier alpha value is -2.56. The lowest BCUT2D eigenvalue weighted by Crippen LogP contribution is -2.22. The molecule has 0 aliphatic rings. The molecule has 0 amide bonds. The van der Waals surface area contributed by atoms with E-state index in [4.69, 9.17) is 11.5 Å². The summed E-state index contributed by atoms with van der Waals surface area (Å²) in [4.78, 5) is 0. The standard InChI is InChI=1S/C13H14N4O/c1-8(16-17-13(14)15)10-7-6-9-4-2-3-5-11(9)12(10)18/h2-7,18H,1H3,(H4,14,15,17)/b16-8+. The number of hydrogen-bond donors (Lipinski definition) is 3. The van der Waals surface area contributed by atoms with Gasteiger partial charge in [-0.05, 0) is 18.4 Å². The summed E-state index contributed by atoms with van der Waals surface area (Å²) in [7, 11) is 0. The van der Waals surface area contributed by atoms with Gasteiger partial charge in [-0.3, -0.25) is 0 Å². The van der Waals surface area contributed by atoms with Crippen LogP contribution >= 0.6 is 0 Å². The van der Waals surface area contributed by atoms with Crippen LogP contribution in [0.25, 0.3) is 10.8 Å². The van der Waals surface area contributed by atoms with Crippen LogP contribution in [0.15, 0.2) is 46.6 Å². The van der Waals surface area contributed by atoms with Crippen LogP contribution in [0.2, 0.25) is 0 Å². The maximum atomic E-state index is 10.2. The van der Waals surface area contributed by atoms with Crippen molar-refractivity contribution < 1.29 is 5.11 Å². The highest BCUT2D eigenvalue weighted by atomic mass is 16.3. The van der Waals surface area contributed by atoms with Gasteiger partial charge in [-0.1, -0.05) is 30.3 Å². The van der Waals surface area contributed by atoms with Crippen molar-refractivity contribution in [3.8, 4) is 5.75 Å². The van der Waals surface area contributed by atoms with E-state index in [1.807, 2.05) is 30.3 Å². The predicted octanol–water partition coefficient (Wildman–Crippen LogP) is 1.54. The van der Waals surface area contributed by atoms with Gasteiger partial charge in [0.2, 0.25) is 5.96 Å². The van der Waals surface area contributed by atoms with Crippen LogP contribution in [-0.2, 0) is 0 Å². The molecule has 0 aliphatic heterocycles. The first-order valence-electron chi connectivity index (χ1n) is 5.44. The summed E-state index contributed by atoms with van der Waals surface area (Å²) in [5.74, 6) is 0.0646. The van der Waals surface area contributed by atoms with E-state index in [2.05, 4.69) is 10.2 Å². The molecule has 0 heterocycles. The minimum absolute atomic E-state index is 0.116. The second-order valence-corrected chi connectivity index (χ2v) is 3.89. The van der Waals surface area contributed by atoms with Crippen molar-refractivity contribution in [3.63, 3.8) is 0 Å². The normalized spacial score (nSPS) is 11.5. The number of phenols is 1. The van der Waals surface area contributed by atoms with Crippen LogP contribution in [0.4, 0.5) is 0 Å². The first-order valence-corrected chi connectivity index (χ1v) is 5.44. The zero-order valence-electron chi connectivity index (χ0n) is 9.96. The largest absolute Gasteiger partial charge is 0.507 e. The minimum atomic E-state index is -0.116. The molecule has 2 rings (SSSR count). The van der Waals surface area contributed by atoms with Crippen molar-refractivity contribution in [1.29, 1.82) is 0 Å². The number of guanidine groups is 1. The highest BCUT2D eigenvalue weighted by Gasteiger charge is 2.08. The van der Waals surface area contributed by atoms with Crippen molar-refractivity contribution >= 4 is 22.4 Å². The van der Waals surface area contributed by atoms with Gasteiger partial charge in [-0.25, -0.2) is 0 Å². The number of aromatic hydroxyl groups is 1. The highest BCUT2D eigenvalue weighted by Crippen LogP contribution is 2.28. The predicted molar refractivity (Wildman–Crippen MR) is 73.6 cm³/mol. The third-order valence-corrected chi connectivity index (χ3v) is 2.61. The Morgan fingerprint density at radius 3 is 2.50 bits per heavy atom. The lowest BCUT2D eigenvalue weighted by atomic mass is 10.0. The summed E-state index contributed by atoms with van der Waals surface area (Å²) in [6.07, 6.45) is 0. The molecule has 0 aromatic heterocycles. The Bertz CT molecular complexity index is 642. The van der Waals surface area contributed by atoms with Crippen molar-refractivity contribution in [3.05, 3.63) is 42.0 Å². The molecule has 5 heteroatoms. The van der Waals surface area contributed by atoms with Crippen LogP contribution in [-0.4, -0.2) is 16.8 Å². The second kappa shape index (κ2) is 4.75. The van der Waals surface area contributed by atoms with Crippen molar-refractivity contribution in [2.24, 2.45) is 21.7 Å². The van der Waals surface area contributed by atoms with Gasteiger partial charge >= 0.3 is 0 Å². The van der Waals surface area contributed by atoms with Gasteiger partial charge in [0.1, 0.15) is 5.75 Å². The van der Waals surface area contributed by atoms with Crippen molar-refractivity contribution in [2.45, 2.75) is 6.92 Å². The third kappa shape index (κ3) is 2.24. The molecule has 18 heavy (non-hydrogen) atoms. The minimum Gasteiger partial charge on any atom is -0.507 e. The van der Waals surface area contributed by atoms with E-state index in [9.17, 15) is 5.11 Å². The second-order valence-electron chi connectivity index (χ2n) is 3.89. The summed E-state index contributed by atoms with van der Waals surface area (Å²) in [5, 5.41) is 19.4. The van der Waals surface area contributed by atoms with E-state index in [1.54, 1.807) is 13.0 Å². The smallest absolute Gasteiger partial charge is 0.211 e. The SMILES string of the molecule is C/C(=N\N=C(N)N)c1ccc2ccccc2c1O. The molecule has 5 N–H and O–H groups in total. The number of rotatable bonds is 2. The maximum absolute atomic E-state index is 10.2. The summed E-state index contributed by atoms with van der Waals surface area (Å²) in [5.41, 5.74) is 11.6. The lowest BCUT2D eigenvalue weighted by Gasteiger charge is -2.06. The van der Waals surface area contributed by atoms with Gasteiger partial charge in [0.25, 0.3) is 0 Å². The lowest BCUT2D eigenvalue weighted by molar-refractivity contribution is 0.480. The molecule has 0 spiro atoms. The molecule has 2 aromatic rings. The molecule has 5 nitrogen and oxygen atoms in total. The number of hydrogen-bond acceptors (Lipinski definition) is 3. The van der Waals surface area contributed by atoms with Gasteiger partial charge in [-0.15, -0.1) is 5.10 Å². The molecule has 0 saturated carbocycles. The Morgan fingerprint density at radius 1 is 1.06 bits per heavy atom. The molecular formula is C13H14N4O. The number of fused-ring (bicyclic) bond motifs is 1. The Balaban J connectivity index is 2.56. The molecule has 0 fully saturated rings. The molecule has 2 aromatic carbocycles. The average Bonchev–Trinajstić information content (AvgIpc) is 2.37. The van der Waals surface area contributed by atoms with Gasteiger partial charge < -0.3 is 16.6 Å². The van der Waals surface area contributed by atoms with E-state index in [0.717, 1.165) is 10.8 Å². The fraction of sp³-hybridized carbons (Fsp3) is 0.0769. The van der Waals surface area contributed by atoms with Gasteiger partial charge in [0, 0.05) is 10.9 Å². The Labute approximate surface area is 104 Å². The topological polar surface area (TPSA) is 97.0 Å². The van der Waals surface area contributed by atoms with E-state index in [1.165, 1.54) is 0 Å². The van der Waals surface area contributed by atoms with Crippen LogP contribution < -0.4 is 11.5 Å². The molecule has 0 radical (unpaired) electrons. The van der Waals surface area contributed by atoms with Crippen LogP contribution in [0.5, 0.6) is 5.75 Å². The van der Waals surface area contributed by atoms with E-state index in [-0.39, 0.29) is 11.7 Å². The van der Waals surface area contributed by atoms with E-state index >= 15 is 0 Å². The molecule has 0 bridgehead atoms. The fourth-order valence-electron chi connectivity index (χ4n) is 1.73. The molecule has 0 atom stereocenters. The van der Waals surface area contributed by atoms with E-state index < -0.39 is 0 Å². The van der Waals surface area contributed by atoms with Gasteiger partial charge in [0.15, 0.2) is 0 Å². The quantitative estimate of drug-likeness (QED) is 0.423. The van der Waals surface area contributed by atoms with Crippen LogP contribution in [0.3, 0.4) is 0 Å². The zero-order chi connectivity index (χ0) is 13.1. The summed E-state index contributed by atoms with van der Waals surface area (Å²) >= 11 is 0. The third-order valence-electron chi connectivity index (χ3n) is 2.61. The monoisotopic (exact) mass is 242 g/mol. The molecule has 0 unspecified atom stereocenters. The van der Waals surface area contributed by atoms with Gasteiger partial charge in [0.05, 0.1) is 5.71 Å². The number of benzene rings is 2. The van der Waals surface area contributed by atoms with Gasteiger partial charge in [-0.2, -0.15) is 5.10 Å². The molecule has 0 saturated heterocycles. The summed E-state index contributed by atoms with van der Waals surface area (Å²) in [6.45, 7) is 1.73. The van der Waals surface area contributed by atoms with Crippen LogP contribution in [0.1, 0.15) is 12.5 Å². The number of nitrogens with two attached hydrogens (primary N) is 2. The summed E-state index contributed by atoms with van der Waals surface area (Å²) in [6, 6.07) is 11.3. The van der Waals surface area contributed by atoms with Crippen molar-refractivity contribution in [1.82, 2.24) is 0 Å². The number of nitrogens with zero attached hydrogens (tertiary/aromatic N) is 2. The molecule has 92 valence electrons. The highest BCUT2D eigenvalue weighted by molar-refractivity contribution is 6.06. The zero-order valence-corrected chi connectivity index (χ0v) is 9.96. The number of phenolic OH excluding ortho intramolecular Hbond substituents is 1. The maximum Gasteiger partial charge on any atom is 0.211 e. The Kier molecular flexibility index (Phi) is 3.14. The Morgan fingerprint density at radius 2 is 1.78 bits per heavy atom.